The predicted octanol–water partition coefficient (Wildman–Crippen LogP) is 1.92. The number of hydrogen-bond acceptors (Lipinski definition) is 5. The fraction of sp³-hybridized carbons (Fsp3) is 0.176. The first-order chi connectivity index (χ1) is 11.6. The van der Waals surface area contributed by atoms with E-state index in [0.717, 1.165) is 5.56 Å². The van der Waals surface area contributed by atoms with E-state index in [1.807, 2.05) is 0 Å². The van der Waals surface area contributed by atoms with Crippen molar-refractivity contribution in [3.8, 4) is 0 Å². The molecule has 0 saturated heterocycles. The molecule has 0 saturated carbocycles. The molecule has 2 aromatic heterocycles. The van der Waals surface area contributed by atoms with E-state index in [4.69, 9.17) is 5.73 Å². The lowest BCUT2D eigenvalue weighted by Crippen LogP contribution is -2.31. The van der Waals surface area contributed by atoms with Gasteiger partial charge < -0.3 is 11.1 Å². The number of halogens is 1. The first-order valence-electron chi connectivity index (χ1n) is 7.47. The van der Waals surface area contributed by atoms with E-state index in [1.54, 1.807) is 36.7 Å². The van der Waals surface area contributed by atoms with Gasteiger partial charge in [0.15, 0.2) is 5.65 Å². The molecule has 2 heterocycles. The number of carbonyl (C=O) groups is 1. The summed E-state index contributed by atoms with van der Waals surface area (Å²) in [4.78, 5) is 24.3. The molecular weight excluding hydrogens is 309 g/mol. The highest BCUT2D eigenvalue weighted by molar-refractivity contribution is 5.78. The summed E-state index contributed by atoms with van der Waals surface area (Å²) in [5.74, 6) is -0.579. The van der Waals surface area contributed by atoms with Gasteiger partial charge in [0, 0.05) is 18.9 Å². The number of aromatic nitrogens is 3. The van der Waals surface area contributed by atoms with Crippen LogP contribution in [0.1, 0.15) is 5.56 Å². The van der Waals surface area contributed by atoms with Gasteiger partial charge >= 0.3 is 0 Å². The zero-order valence-electron chi connectivity index (χ0n) is 12.8. The van der Waals surface area contributed by atoms with Crippen molar-refractivity contribution in [2.75, 3.05) is 11.9 Å². The van der Waals surface area contributed by atoms with Crippen molar-refractivity contribution in [3.05, 3.63) is 60.2 Å². The van der Waals surface area contributed by atoms with Crippen LogP contribution in [0.2, 0.25) is 0 Å². The van der Waals surface area contributed by atoms with Crippen LogP contribution in [-0.4, -0.2) is 27.4 Å². The van der Waals surface area contributed by atoms with E-state index in [-0.39, 0.29) is 5.82 Å². The molecule has 1 atom stereocenters. The van der Waals surface area contributed by atoms with Crippen molar-refractivity contribution in [1.29, 1.82) is 0 Å². The Balaban J connectivity index is 1.68. The predicted molar refractivity (Wildman–Crippen MR) is 88.6 cm³/mol. The summed E-state index contributed by atoms with van der Waals surface area (Å²) in [7, 11) is 0. The molecule has 7 heteroatoms. The van der Waals surface area contributed by atoms with E-state index >= 15 is 0 Å². The van der Waals surface area contributed by atoms with Crippen LogP contribution in [0.15, 0.2) is 48.8 Å². The van der Waals surface area contributed by atoms with Gasteiger partial charge in [-0.2, -0.15) is 0 Å². The average Bonchev–Trinajstić information content (AvgIpc) is 2.60. The third-order valence-corrected chi connectivity index (χ3v) is 3.66. The normalized spacial score (nSPS) is 12.0. The molecule has 0 radical (unpaired) electrons. The monoisotopic (exact) mass is 325 g/mol. The maximum Gasteiger partial charge on any atom is 0.222 e. The van der Waals surface area contributed by atoms with Gasteiger partial charge in [-0.05, 0) is 36.2 Å². The standard InChI is InChI=1S/C17H16FN5O/c18-13-3-1-11(2-4-13)9-12(16(19)24)10-22-15-6-5-14-17(23-15)21-8-7-20-14/h1-8,12H,9-10H2,(H2,19,24)(H,21,22,23). The van der Waals surface area contributed by atoms with Crippen LogP contribution < -0.4 is 11.1 Å². The molecule has 0 aliphatic carbocycles. The highest BCUT2D eigenvalue weighted by Crippen LogP contribution is 2.13. The summed E-state index contributed by atoms with van der Waals surface area (Å²) in [5.41, 5.74) is 7.54. The minimum absolute atomic E-state index is 0.311. The van der Waals surface area contributed by atoms with Crippen LogP contribution >= 0.6 is 0 Å². The largest absolute Gasteiger partial charge is 0.369 e. The second-order valence-corrected chi connectivity index (χ2v) is 5.41. The lowest BCUT2D eigenvalue weighted by Gasteiger charge is -2.15. The zero-order chi connectivity index (χ0) is 16.9. The summed E-state index contributed by atoms with van der Waals surface area (Å²) in [5, 5.41) is 3.10. The van der Waals surface area contributed by atoms with Crippen molar-refractivity contribution in [2.24, 2.45) is 11.7 Å². The Bertz CT molecular complexity index is 853. The molecule has 1 amide bonds. The van der Waals surface area contributed by atoms with E-state index in [0.29, 0.717) is 29.9 Å². The molecule has 1 aromatic carbocycles. The summed E-state index contributed by atoms with van der Waals surface area (Å²) in [6.07, 6.45) is 3.60. The number of amides is 1. The Morgan fingerprint density at radius 2 is 1.88 bits per heavy atom. The van der Waals surface area contributed by atoms with E-state index in [2.05, 4.69) is 20.3 Å². The van der Waals surface area contributed by atoms with Crippen molar-refractivity contribution in [1.82, 2.24) is 15.0 Å². The molecule has 1 unspecified atom stereocenters. The molecule has 0 spiro atoms. The molecule has 0 fully saturated rings. The van der Waals surface area contributed by atoms with Crippen LogP contribution in [0, 0.1) is 11.7 Å². The lowest BCUT2D eigenvalue weighted by molar-refractivity contribution is -0.121. The number of fused-ring (bicyclic) bond motifs is 1. The first kappa shape index (κ1) is 15.8. The Hall–Kier alpha value is -3.09. The molecule has 3 N–H and O–H groups in total. The molecule has 3 aromatic rings. The van der Waals surface area contributed by atoms with Gasteiger partial charge in [-0.3, -0.25) is 9.78 Å². The Morgan fingerprint density at radius 3 is 2.62 bits per heavy atom. The second-order valence-electron chi connectivity index (χ2n) is 5.41. The quantitative estimate of drug-likeness (QED) is 0.722. The van der Waals surface area contributed by atoms with Crippen molar-refractivity contribution in [2.45, 2.75) is 6.42 Å². The third kappa shape index (κ3) is 3.81. The number of benzene rings is 1. The minimum atomic E-state index is -0.435. The van der Waals surface area contributed by atoms with Gasteiger partial charge in [-0.15, -0.1) is 0 Å². The third-order valence-electron chi connectivity index (χ3n) is 3.66. The number of primary amides is 1. The first-order valence-corrected chi connectivity index (χ1v) is 7.47. The number of nitrogens with two attached hydrogens (primary N) is 1. The molecule has 3 rings (SSSR count). The summed E-state index contributed by atoms with van der Waals surface area (Å²) >= 11 is 0. The highest BCUT2D eigenvalue weighted by atomic mass is 19.1. The molecule has 0 bridgehead atoms. The van der Waals surface area contributed by atoms with Crippen LogP contribution in [-0.2, 0) is 11.2 Å². The fourth-order valence-corrected chi connectivity index (χ4v) is 2.36. The summed E-state index contributed by atoms with van der Waals surface area (Å²) < 4.78 is 13.0. The van der Waals surface area contributed by atoms with Crippen LogP contribution in [0.4, 0.5) is 10.2 Å². The Kier molecular flexibility index (Phi) is 4.60. The number of carbonyl (C=O) groups excluding carboxylic acids is 1. The number of hydrogen-bond donors (Lipinski definition) is 2. The van der Waals surface area contributed by atoms with Gasteiger partial charge in [0.1, 0.15) is 17.2 Å². The van der Waals surface area contributed by atoms with Crippen LogP contribution in [0.3, 0.4) is 0 Å². The number of nitrogens with zero attached hydrogens (tertiary/aromatic N) is 3. The number of anilines is 1. The highest BCUT2D eigenvalue weighted by Gasteiger charge is 2.16. The lowest BCUT2D eigenvalue weighted by atomic mass is 9.98. The van der Waals surface area contributed by atoms with Crippen molar-refractivity contribution >= 4 is 22.9 Å². The van der Waals surface area contributed by atoms with Gasteiger partial charge in [-0.25, -0.2) is 14.4 Å². The SMILES string of the molecule is NC(=O)C(CNc1ccc2nccnc2n1)Cc1ccc(F)cc1. The smallest absolute Gasteiger partial charge is 0.222 e. The molecule has 0 aliphatic rings. The van der Waals surface area contributed by atoms with Crippen molar-refractivity contribution in [3.63, 3.8) is 0 Å². The van der Waals surface area contributed by atoms with E-state index in [1.165, 1.54) is 12.1 Å². The van der Waals surface area contributed by atoms with Crippen molar-refractivity contribution < 1.29 is 9.18 Å². The zero-order valence-corrected chi connectivity index (χ0v) is 12.8. The maximum atomic E-state index is 13.0. The van der Waals surface area contributed by atoms with E-state index in [9.17, 15) is 9.18 Å². The summed E-state index contributed by atoms with van der Waals surface area (Å²) in [6, 6.07) is 9.60. The molecule has 6 nitrogen and oxygen atoms in total. The van der Waals surface area contributed by atoms with Crippen LogP contribution in [0.25, 0.3) is 11.2 Å². The molecule has 122 valence electrons. The van der Waals surface area contributed by atoms with Gasteiger partial charge in [0.05, 0.1) is 5.92 Å². The fourth-order valence-electron chi connectivity index (χ4n) is 2.36. The van der Waals surface area contributed by atoms with Gasteiger partial charge in [0.2, 0.25) is 5.91 Å². The summed E-state index contributed by atoms with van der Waals surface area (Å²) in [6.45, 7) is 0.325. The molecule has 0 aliphatic heterocycles. The molecular formula is C17H16FN5O. The topological polar surface area (TPSA) is 93.8 Å². The van der Waals surface area contributed by atoms with Crippen LogP contribution in [0.5, 0.6) is 0 Å². The Labute approximate surface area is 138 Å². The molecule has 24 heavy (non-hydrogen) atoms. The average molecular weight is 325 g/mol. The van der Waals surface area contributed by atoms with Gasteiger partial charge in [-0.1, -0.05) is 12.1 Å². The number of pyridine rings is 1. The minimum Gasteiger partial charge on any atom is -0.369 e. The second kappa shape index (κ2) is 6.99. The number of nitrogens with one attached hydrogen (secondary N) is 1. The van der Waals surface area contributed by atoms with E-state index < -0.39 is 11.8 Å². The van der Waals surface area contributed by atoms with Gasteiger partial charge in [0.25, 0.3) is 0 Å². The maximum absolute atomic E-state index is 13.0. The Morgan fingerprint density at radius 1 is 1.12 bits per heavy atom. The number of rotatable bonds is 6.